The molecule has 0 amide bonds. The monoisotopic (exact) mass is 294 g/mol. The zero-order valence-corrected chi connectivity index (χ0v) is 11.3. The fourth-order valence-electron chi connectivity index (χ4n) is 1.65. The van der Waals surface area contributed by atoms with E-state index < -0.39 is 0 Å². The van der Waals surface area contributed by atoms with Gasteiger partial charge in [-0.3, -0.25) is 0 Å². The second kappa shape index (κ2) is 5.92. The minimum absolute atomic E-state index is 0.181. The standard InChI is InChI=1S/C14H9Cl2FN2/c15-10-5-4-9(7-18)14(6-10)19-8-11-12(16)2-1-3-13(11)17/h1-6,19H,8H2. The fraction of sp³-hybridized carbons (Fsp3) is 0.0714. The summed E-state index contributed by atoms with van der Waals surface area (Å²) < 4.78 is 13.6. The summed E-state index contributed by atoms with van der Waals surface area (Å²) in [6, 6.07) is 11.4. The van der Waals surface area contributed by atoms with Crippen molar-refractivity contribution >= 4 is 28.9 Å². The van der Waals surface area contributed by atoms with E-state index in [1.807, 2.05) is 6.07 Å². The number of benzene rings is 2. The van der Waals surface area contributed by atoms with Crippen LogP contribution < -0.4 is 5.32 Å². The third kappa shape index (κ3) is 3.17. The molecule has 1 N–H and O–H groups in total. The van der Waals surface area contributed by atoms with Crippen LogP contribution in [0.15, 0.2) is 36.4 Å². The first-order chi connectivity index (χ1) is 9.11. The maximum Gasteiger partial charge on any atom is 0.129 e. The van der Waals surface area contributed by atoms with E-state index in [1.54, 1.807) is 30.3 Å². The molecule has 0 aromatic heterocycles. The van der Waals surface area contributed by atoms with Crippen molar-refractivity contribution in [2.45, 2.75) is 6.54 Å². The van der Waals surface area contributed by atoms with E-state index in [0.717, 1.165) is 0 Å². The van der Waals surface area contributed by atoms with Gasteiger partial charge in [-0.05, 0) is 30.3 Å². The van der Waals surface area contributed by atoms with Crippen molar-refractivity contribution in [2.75, 3.05) is 5.32 Å². The zero-order chi connectivity index (χ0) is 13.8. The van der Waals surface area contributed by atoms with Gasteiger partial charge in [-0.25, -0.2) is 4.39 Å². The molecule has 2 aromatic rings. The van der Waals surface area contributed by atoms with Crippen LogP contribution in [0.3, 0.4) is 0 Å². The average molecular weight is 295 g/mol. The highest BCUT2D eigenvalue weighted by atomic mass is 35.5. The average Bonchev–Trinajstić information content (AvgIpc) is 2.38. The Kier molecular flexibility index (Phi) is 4.26. The molecule has 2 rings (SSSR count). The minimum Gasteiger partial charge on any atom is -0.380 e. The summed E-state index contributed by atoms with van der Waals surface area (Å²) in [5, 5.41) is 12.8. The minimum atomic E-state index is -0.388. The predicted molar refractivity (Wildman–Crippen MR) is 74.9 cm³/mol. The Labute approximate surface area is 120 Å². The van der Waals surface area contributed by atoms with Crippen LogP contribution in [0, 0.1) is 17.1 Å². The van der Waals surface area contributed by atoms with Crippen LogP contribution in [-0.2, 0) is 6.54 Å². The van der Waals surface area contributed by atoms with Crippen LogP contribution in [0.5, 0.6) is 0 Å². The largest absolute Gasteiger partial charge is 0.380 e. The molecule has 0 aliphatic heterocycles. The molecular weight excluding hydrogens is 286 g/mol. The molecule has 0 radical (unpaired) electrons. The van der Waals surface area contributed by atoms with Gasteiger partial charge in [-0.2, -0.15) is 5.26 Å². The molecule has 5 heteroatoms. The van der Waals surface area contributed by atoms with Gasteiger partial charge >= 0.3 is 0 Å². The van der Waals surface area contributed by atoms with Crippen molar-refractivity contribution in [1.82, 2.24) is 0 Å². The van der Waals surface area contributed by atoms with E-state index in [9.17, 15) is 4.39 Å². The lowest BCUT2D eigenvalue weighted by Gasteiger charge is -2.10. The van der Waals surface area contributed by atoms with Crippen molar-refractivity contribution in [3.63, 3.8) is 0 Å². The molecule has 0 saturated carbocycles. The summed E-state index contributed by atoms with van der Waals surface area (Å²) >= 11 is 11.8. The highest BCUT2D eigenvalue weighted by Crippen LogP contribution is 2.24. The summed E-state index contributed by atoms with van der Waals surface area (Å²) in [6.07, 6.45) is 0. The van der Waals surface area contributed by atoms with Crippen molar-refractivity contribution in [1.29, 1.82) is 5.26 Å². The summed E-state index contributed by atoms with van der Waals surface area (Å²) in [6.45, 7) is 0.181. The highest BCUT2D eigenvalue weighted by molar-refractivity contribution is 6.31. The van der Waals surface area contributed by atoms with Crippen molar-refractivity contribution in [3.05, 3.63) is 63.4 Å². The Balaban J connectivity index is 2.24. The van der Waals surface area contributed by atoms with Gasteiger partial charge in [0, 0.05) is 22.2 Å². The topological polar surface area (TPSA) is 35.8 Å². The maximum atomic E-state index is 13.6. The van der Waals surface area contributed by atoms with E-state index in [0.29, 0.717) is 26.9 Å². The van der Waals surface area contributed by atoms with Gasteiger partial charge in [-0.1, -0.05) is 29.3 Å². The fourth-order valence-corrected chi connectivity index (χ4v) is 2.05. The van der Waals surface area contributed by atoms with Crippen LogP contribution in [0.4, 0.5) is 10.1 Å². The smallest absolute Gasteiger partial charge is 0.129 e. The van der Waals surface area contributed by atoms with Crippen LogP contribution in [0.25, 0.3) is 0 Å². The first-order valence-corrected chi connectivity index (χ1v) is 6.24. The number of anilines is 1. The molecule has 96 valence electrons. The van der Waals surface area contributed by atoms with Crippen LogP contribution in [-0.4, -0.2) is 0 Å². The number of nitrogens with one attached hydrogen (secondary N) is 1. The summed E-state index contributed by atoms with van der Waals surface area (Å²) in [5.41, 5.74) is 1.35. The first kappa shape index (κ1) is 13.7. The molecule has 2 nitrogen and oxygen atoms in total. The van der Waals surface area contributed by atoms with Crippen LogP contribution in [0.2, 0.25) is 10.0 Å². The molecule has 0 heterocycles. The van der Waals surface area contributed by atoms with Gasteiger partial charge in [-0.15, -0.1) is 0 Å². The van der Waals surface area contributed by atoms with Crippen LogP contribution >= 0.6 is 23.2 Å². The van der Waals surface area contributed by atoms with Crippen molar-refractivity contribution in [3.8, 4) is 6.07 Å². The van der Waals surface area contributed by atoms with E-state index in [-0.39, 0.29) is 12.4 Å². The third-order valence-electron chi connectivity index (χ3n) is 2.62. The molecule has 0 bridgehead atoms. The number of rotatable bonds is 3. The lowest BCUT2D eigenvalue weighted by Crippen LogP contribution is -2.04. The van der Waals surface area contributed by atoms with Crippen molar-refractivity contribution < 1.29 is 4.39 Å². The molecule has 0 saturated heterocycles. The summed E-state index contributed by atoms with van der Waals surface area (Å²) in [4.78, 5) is 0. The van der Waals surface area contributed by atoms with Crippen molar-refractivity contribution in [2.24, 2.45) is 0 Å². The third-order valence-corrected chi connectivity index (χ3v) is 3.21. The zero-order valence-electron chi connectivity index (χ0n) is 9.75. The molecule has 19 heavy (non-hydrogen) atoms. The second-order valence-corrected chi connectivity index (χ2v) is 4.70. The Bertz CT molecular complexity index is 630. The molecule has 2 aromatic carbocycles. The van der Waals surface area contributed by atoms with Crippen LogP contribution in [0.1, 0.15) is 11.1 Å². The second-order valence-electron chi connectivity index (χ2n) is 3.86. The van der Waals surface area contributed by atoms with Gasteiger partial charge in [0.2, 0.25) is 0 Å². The molecular formula is C14H9Cl2FN2. The number of halogens is 3. The SMILES string of the molecule is N#Cc1ccc(Cl)cc1NCc1c(F)cccc1Cl. The van der Waals surface area contributed by atoms with E-state index >= 15 is 0 Å². The van der Waals surface area contributed by atoms with Gasteiger partial charge in [0.15, 0.2) is 0 Å². The Morgan fingerprint density at radius 1 is 1.21 bits per heavy atom. The quantitative estimate of drug-likeness (QED) is 0.897. The normalized spacial score (nSPS) is 10.0. The first-order valence-electron chi connectivity index (χ1n) is 5.48. The maximum absolute atomic E-state index is 13.6. The molecule has 0 aliphatic rings. The van der Waals surface area contributed by atoms with E-state index in [4.69, 9.17) is 28.5 Å². The number of hydrogen-bond acceptors (Lipinski definition) is 2. The Hall–Kier alpha value is -1.76. The number of nitriles is 1. The predicted octanol–water partition coefficient (Wildman–Crippen LogP) is 4.62. The van der Waals surface area contributed by atoms with Gasteiger partial charge in [0.25, 0.3) is 0 Å². The lowest BCUT2D eigenvalue weighted by molar-refractivity contribution is 0.613. The van der Waals surface area contributed by atoms with Gasteiger partial charge in [0.1, 0.15) is 11.9 Å². The lowest BCUT2D eigenvalue weighted by atomic mass is 10.1. The highest BCUT2D eigenvalue weighted by Gasteiger charge is 2.08. The number of nitrogens with zero attached hydrogens (tertiary/aromatic N) is 1. The molecule has 0 spiro atoms. The summed E-state index contributed by atoms with van der Waals surface area (Å²) in [7, 11) is 0. The molecule has 0 unspecified atom stereocenters. The summed E-state index contributed by atoms with van der Waals surface area (Å²) in [5.74, 6) is -0.388. The number of hydrogen-bond donors (Lipinski definition) is 1. The molecule has 0 aliphatic carbocycles. The van der Waals surface area contributed by atoms with E-state index in [2.05, 4.69) is 5.32 Å². The molecule has 0 atom stereocenters. The van der Waals surface area contributed by atoms with Gasteiger partial charge in [0.05, 0.1) is 11.3 Å². The van der Waals surface area contributed by atoms with E-state index in [1.165, 1.54) is 6.07 Å². The Morgan fingerprint density at radius 3 is 2.68 bits per heavy atom. The Morgan fingerprint density at radius 2 is 2.00 bits per heavy atom. The molecule has 0 fully saturated rings. The van der Waals surface area contributed by atoms with Gasteiger partial charge < -0.3 is 5.32 Å².